The molecule has 22 heavy (non-hydrogen) atoms. The van der Waals surface area contributed by atoms with Crippen LogP contribution in [0.15, 0.2) is 0 Å². The van der Waals surface area contributed by atoms with Gasteiger partial charge < -0.3 is 10.2 Å². The zero-order valence-electron chi connectivity index (χ0n) is 12.6. The van der Waals surface area contributed by atoms with Gasteiger partial charge in [0.15, 0.2) is 0 Å². The molecule has 0 radical (unpaired) electrons. The first kappa shape index (κ1) is 18.0. The van der Waals surface area contributed by atoms with E-state index in [1.54, 1.807) is 0 Å². The molecule has 2 saturated carbocycles. The summed E-state index contributed by atoms with van der Waals surface area (Å²) < 4.78 is 0. The highest BCUT2D eigenvalue weighted by Gasteiger charge is 2.26. The van der Waals surface area contributed by atoms with Crippen molar-refractivity contribution in [3.8, 4) is 12.1 Å². The molecule has 120 valence electrons. The van der Waals surface area contributed by atoms with E-state index < -0.39 is 11.9 Å². The Kier molecular flexibility index (Phi) is 7.39. The number of hydrogen-bond donors (Lipinski definition) is 2. The lowest BCUT2D eigenvalue weighted by Crippen LogP contribution is -2.20. The topological polar surface area (TPSA) is 122 Å². The third kappa shape index (κ3) is 5.73. The number of nitrogens with zero attached hydrogens (tertiary/aromatic N) is 2. The Morgan fingerprint density at radius 3 is 1.14 bits per heavy atom. The first-order valence-corrected chi connectivity index (χ1v) is 7.72. The van der Waals surface area contributed by atoms with Gasteiger partial charge in [0.25, 0.3) is 0 Å². The van der Waals surface area contributed by atoms with Crippen molar-refractivity contribution in [1.29, 1.82) is 10.5 Å². The molecule has 0 aromatic rings. The Labute approximate surface area is 130 Å². The van der Waals surface area contributed by atoms with Crippen molar-refractivity contribution in [3.05, 3.63) is 0 Å². The zero-order valence-corrected chi connectivity index (χ0v) is 12.6. The van der Waals surface area contributed by atoms with Crippen molar-refractivity contribution in [1.82, 2.24) is 0 Å². The van der Waals surface area contributed by atoms with E-state index in [2.05, 4.69) is 12.1 Å². The fourth-order valence-corrected chi connectivity index (χ4v) is 2.94. The Bertz CT molecular complexity index is 418. The summed E-state index contributed by atoms with van der Waals surface area (Å²) in [6, 6.07) is 4.34. The molecule has 0 aromatic carbocycles. The number of hydrogen-bond acceptors (Lipinski definition) is 4. The van der Waals surface area contributed by atoms with Gasteiger partial charge in [0.05, 0.1) is 24.0 Å². The minimum Gasteiger partial charge on any atom is -0.481 e. The van der Waals surface area contributed by atoms with Gasteiger partial charge >= 0.3 is 11.9 Å². The standard InChI is InChI=1S/2C8H11NO2/c2*9-5-6-1-3-7(4-2-6)8(10)11/h2*6-7H,1-4H2,(H,10,11). The predicted octanol–water partition coefficient (Wildman–Crippen LogP) is 2.80. The summed E-state index contributed by atoms with van der Waals surface area (Å²) in [6.07, 6.45) is 5.73. The van der Waals surface area contributed by atoms with E-state index in [0.29, 0.717) is 25.7 Å². The lowest BCUT2D eigenvalue weighted by molar-refractivity contribution is -0.143. The molecular weight excluding hydrogens is 284 g/mol. The van der Waals surface area contributed by atoms with E-state index in [-0.39, 0.29) is 23.7 Å². The van der Waals surface area contributed by atoms with Crippen LogP contribution in [0.5, 0.6) is 0 Å². The molecule has 0 amide bonds. The van der Waals surface area contributed by atoms with Crippen LogP contribution in [0.4, 0.5) is 0 Å². The highest BCUT2D eigenvalue weighted by atomic mass is 16.4. The summed E-state index contributed by atoms with van der Waals surface area (Å²) in [7, 11) is 0. The molecule has 2 fully saturated rings. The summed E-state index contributed by atoms with van der Waals surface area (Å²) >= 11 is 0. The quantitative estimate of drug-likeness (QED) is 0.808. The lowest BCUT2D eigenvalue weighted by Gasteiger charge is -2.20. The van der Waals surface area contributed by atoms with Crippen LogP contribution >= 0.6 is 0 Å². The van der Waals surface area contributed by atoms with Gasteiger partial charge in [-0.1, -0.05) is 0 Å². The molecule has 6 nitrogen and oxygen atoms in total. The molecule has 0 aromatic heterocycles. The number of nitriles is 2. The number of carboxylic acid groups (broad SMARTS) is 2. The van der Waals surface area contributed by atoms with Gasteiger partial charge in [-0.15, -0.1) is 0 Å². The summed E-state index contributed by atoms with van der Waals surface area (Å²) in [5.41, 5.74) is 0. The summed E-state index contributed by atoms with van der Waals surface area (Å²) in [5.74, 6) is -1.60. The molecular formula is C16H22N2O4. The molecule has 0 saturated heterocycles. The highest BCUT2D eigenvalue weighted by Crippen LogP contribution is 2.28. The molecule has 6 heteroatoms. The number of aliphatic carboxylic acids is 2. The summed E-state index contributed by atoms with van der Waals surface area (Å²) in [4.78, 5) is 20.9. The second-order valence-corrected chi connectivity index (χ2v) is 6.03. The average molecular weight is 306 g/mol. The van der Waals surface area contributed by atoms with Crippen LogP contribution < -0.4 is 0 Å². The largest absolute Gasteiger partial charge is 0.481 e. The maximum absolute atomic E-state index is 10.5. The second kappa shape index (κ2) is 9.04. The third-order valence-corrected chi connectivity index (χ3v) is 4.52. The van der Waals surface area contributed by atoms with Gasteiger partial charge in [-0.25, -0.2) is 0 Å². The summed E-state index contributed by atoms with van der Waals surface area (Å²) in [6.45, 7) is 0. The van der Waals surface area contributed by atoms with Gasteiger partial charge in [0, 0.05) is 11.8 Å². The fourth-order valence-electron chi connectivity index (χ4n) is 2.94. The molecule has 2 aliphatic carbocycles. The lowest BCUT2D eigenvalue weighted by atomic mass is 9.83. The van der Waals surface area contributed by atoms with Crippen LogP contribution in [-0.2, 0) is 9.59 Å². The van der Waals surface area contributed by atoms with Crippen LogP contribution in [0.3, 0.4) is 0 Å². The van der Waals surface area contributed by atoms with Crippen LogP contribution in [0, 0.1) is 46.3 Å². The number of carboxylic acids is 2. The smallest absolute Gasteiger partial charge is 0.306 e. The van der Waals surface area contributed by atoms with E-state index in [9.17, 15) is 9.59 Å². The number of carbonyl (C=O) groups is 2. The molecule has 2 N–H and O–H groups in total. The Morgan fingerprint density at radius 1 is 0.682 bits per heavy atom. The van der Waals surface area contributed by atoms with Crippen LogP contribution in [0.1, 0.15) is 51.4 Å². The van der Waals surface area contributed by atoms with E-state index >= 15 is 0 Å². The number of rotatable bonds is 2. The Balaban J connectivity index is 0.000000220. The zero-order chi connectivity index (χ0) is 16.5. The van der Waals surface area contributed by atoms with Crippen molar-refractivity contribution in [2.75, 3.05) is 0 Å². The first-order chi connectivity index (χ1) is 10.5. The Hall–Kier alpha value is -2.08. The molecule has 0 spiro atoms. The van der Waals surface area contributed by atoms with Gasteiger partial charge in [-0.05, 0) is 51.4 Å². The normalized spacial score (nSPS) is 30.8. The maximum atomic E-state index is 10.5. The van der Waals surface area contributed by atoms with Crippen molar-refractivity contribution < 1.29 is 19.8 Å². The first-order valence-electron chi connectivity index (χ1n) is 7.72. The Morgan fingerprint density at radius 2 is 0.955 bits per heavy atom. The van der Waals surface area contributed by atoms with Crippen molar-refractivity contribution in [2.45, 2.75) is 51.4 Å². The van der Waals surface area contributed by atoms with Crippen molar-refractivity contribution in [2.24, 2.45) is 23.7 Å². The summed E-state index contributed by atoms with van der Waals surface area (Å²) in [5, 5.41) is 34.3. The van der Waals surface area contributed by atoms with E-state index in [1.165, 1.54) is 0 Å². The highest BCUT2D eigenvalue weighted by molar-refractivity contribution is 5.70. The molecule has 0 heterocycles. The molecule has 0 unspecified atom stereocenters. The van der Waals surface area contributed by atoms with Gasteiger partial charge in [0.2, 0.25) is 0 Å². The van der Waals surface area contributed by atoms with E-state index in [0.717, 1.165) is 25.7 Å². The fraction of sp³-hybridized carbons (Fsp3) is 0.750. The molecule has 0 atom stereocenters. The second-order valence-electron chi connectivity index (χ2n) is 6.03. The molecule has 0 aliphatic heterocycles. The van der Waals surface area contributed by atoms with Gasteiger partial charge in [-0.3, -0.25) is 9.59 Å². The SMILES string of the molecule is N#CC1CCC(C(=O)O)CC1.N#CC1CCC(C(=O)O)CC1. The minimum absolute atomic E-state index is 0.102. The monoisotopic (exact) mass is 306 g/mol. The van der Waals surface area contributed by atoms with E-state index in [4.69, 9.17) is 20.7 Å². The van der Waals surface area contributed by atoms with Gasteiger partial charge in [0.1, 0.15) is 0 Å². The van der Waals surface area contributed by atoms with Crippen LogP contribution in [-0.4, -0.2) is 22.2 Å². The van der Waals surface area contributed by atoms with Crippen molar-refractivity contribution in [3.63, 3.8) is 0 Å². The van der Waals surface area contributed by atoms with Crippen LogP contribution in [0.2, 0.25) is 0 Å². The molecule has 0 bridgehead atoms. The predicted molar refractivity (Wildman–Crippen MR) is 77.4 cm³/mol. The average Bonchev–Trinajstić information content (AvgIpc) is 2.55. The molecule has 2 rings (SSSR count). The molecule has 2 aliphatic rings. The minimum atomic E-state index is -0.707. The van der Waals surface area contributed by atoms with E-state index in [1.807, 2.05) is 0 Å². The maximum Gasteiger partial charge on any atom is 0.306 e. The van der Waals surface area contributed by atoms with Crippen molar-refractivity contribution >= 4 is 11.9 Å². The third-order valence-electron chi connectivity index (χ3n) is 4.52. The van der Waals surface area contributed by atoms with Crippen LogP contribution in [0.25, 0.3) is 0 Å². The van der Waals surface area contributed by atoms with Gasteiger partial charge in [-0.2, -0.15) is 10.5 Å².